The van der Waals surface area contributed by atoms with Crippen LogP contribution in [0.25, 0.3) is 11.0 Å². The number of rotatable bonds is 5. The molecule has 1 atom stereocenters. The Morgan fingerprint density at radius 2 is 1.58 bits per heavy atom. The molecule has 1 amide bonds. The molecule has 0 N–H and O–H groups in total. The zero-order valence-electron chi connectivity index (χ0n) is 17.1. The molecule has 0 unspecified atom stereocenters. The molecule has 5 heteroatoms. The average molecular weight is 406 g/mol. The van der Waals surface area contributed by atoms with Gasteiger partial charge in [-0.15, -0.1) is 0 Å². The van der Waals surface area contributed by atoms with Crippen molar-refractivity contribution in [2.75, 3.05) is 0 Å². The van der Waals surface area contributed by atoms with Gasteiger partial charge in [-0.2, -0.15) is 5.10 Å². The van der Waals surface area contributed by atoms with E-state index in [4.69, 9.17) is 5.10 Å². The molecular formula is C26H22N4O. The van der Waals surface area contributed by atoms with E-state index in [0.717, 1.165) is 33.4 Å². The normalized spacial score (nSPS) is 15.8. The maximum atomic E-state index is 13.2. The van der Waals surface area contributed by atoms with Crippen molar-refractivity contribution in [3.8, 4) is 0 Å². The summed E-state index contributed by atoms with van der Waals surface area (Å²) >= 11 is 0. The second kappa shape index (κ2) is 8.48. The van der Waals surface area contributed by atoms with Crippen LogP contribution in [0.5, 0.6) is 0 Å². The van der Waals surface area contributed by atoms with Gasteiger partial charge in [-0.05, 0) is 35.2 Å². The summed E-state index contributed by atoms with van der Waals surface area (Å²) in [5.74, 6) is 0.0269. The van der Waals surface area contributed by atoms with Gasteiger partial charge in [0.15, 0.2) is 0 Å². The molecule has 0 aliphatic carbocycles. The fourth-order valence-electron chi connectivity index (χ4n) is 4.00. The monoisotopic (exact) mass is 406 g/mol. The summed E-state index contributed by atoms with van der Waals surface area (Å²) in [6.07, 6.45) is 5.16. The molecule has 3 aromatic carbocycles. The quantitative estimate of drug-likeness (QED) is 0.472. The highest BCUT2D eigenvalue weighted by molar-refractivity contribution is 6.03. The summed E-state index contributed by atoms with van der Waals surface area (Å²) in [6.45, 7) is 0. The van der Waals surface area contributed by atoms with Crippen molar-refractivity contribution in [1.82, 2.24) is 15.0 Å². The highest BCUT2D eigenvalue weighted by atomic mass is 16.2. The number of aromatic nitrogens is 2. The average Bonchev–Trinajstić information content (AvgIpc) is 3.29. The topological polar surface area (TPSA) is 58.5 Å². The Balaban J connectivity index is 1.45. The van der Waals surface area contributed by atoms with Crippen LogP contribution in [-0.4, -0.2) is 26.6 Å². The SMILES string of the molecule is O=C(CCc1ccccc1)N1N=C(c2ccccc2)C[C@H]1c1ccc2nccnc2c1. The molecule has 2 heterocycles. The third-order valence-electron chi connectivity index (χ3n) is 5.62. The minimum atomic E-state index is -0.148. The lowest BCUT2D eigenvalue weighted by atomic mass is 9.97. The van der Waals surface area contributed by atoms with E-state index in [2.05, 4.69) is 22.1 Å². The van der Waals surface area contributed by atoms with E-state index in [1.165, 1.54) is 0 Å². The minimum absolute atomic E-state index is 0.0269. The van der Waals surface area contributed by atoms with Crippen LogP contribution in [0.4, 0.5) is 0 Å². The second-order valence-electron chi connectivity index (χ2n) is 7.66. The molecule has 0 saturated heterocycles. The molecule has 5 nitrogen and oxygen atoms in total. The van der Waals surface area contributed by atoms with Gasteiger partial charge in [0.2, 0.25) is 5.91 Å². The molecule has 1 aliphatic rings. The van der Waals surface area contributed by atoms with Crippen molar-refractivity contribution in [2.45, 2.75) is 25.3 Å². The second-order valence-corrected chi connectivity index (χ2v) is 7.66. The van der Waals surface area contributed by atoms with Crippen molar-refractivity contribution in [3.63, 3.8) is 0 Å². The number of amides is 1. The number of carbonyl (C=O) groups is 1. The van der Waals surface area contributed by atoms with Gasteiger partial charge in [-0.25, -0.2) is 5.01 Å². The van der Waals surface area contributed by atoms with Crippen LogP contribution in [0.3, 0.4) is 0 Å². The number of hydrogen-bond donors (Lipinski definition) is 0. The highest BCUT2D eigenvalue weighted by Gasteiger charge is 2.33. The number of hydrogen-bond acceptors (Lipinski definition) is 4. The van der Waals surface area contributed by atoms with Crippen molar-refractivity contribution in [3.05, 3.63) is 108 Å². The summed E-state index contributed by atoms with van der Waals surface area (Å²) in [6, 6.07) is 26.0. The molecule has 152 valence electrons. The number of fused-ring (bicyclic) bond motifs is 1. The Morgan fingerprint density at radius 3 is 2.35 bits per heavy atom. The summed E-state index contributed by atoms with van der Waals surface area (Å²) in [7, 11) is 0. The first-order chi connectivity index (χ1) is 15.3. The summed E-state index contributed by atoms with van der Waals surface area (Å²) in [5, 5.41) is 6.44. The fraction of sp³-hybridized carbons (Fsp3) is 0.154. The van der Waals surface area contributed by atoms with Gasteiger partial charge in [-0.1, -0.05) is 66.7 Å². The van der Waals surface area contributed by atoms with Crippen LogP contribution < -0.4 is 0 Å². The summed E-state index contributed by atoms with van der Waals surface area (Å²) in [5.41, 5.74) is 5.82. The lowest BCUT2D eigenvalue weighted by Crippen LogP contribution is -2.27. The Hall–Kier alpha value is -3.86. The number of nitrogens with zero attached hydrogens (tertiary/aromatic N) is 4. The van der Waals surface area contributed by atoms with Crippen LogP contribution >= 0.6 is 0 Å². The van der Waals surface area contributed by atoms with Crippen molar-refractivity contribution < 1.29 is 4.79 Å². The molecule has 0 spiro atoms. The van der Waals surface area contributed by atoms with Gasteiger partial charge >= 0.3 is 0 Å². The molecule has 1 aromatic heterocycles. The smallest absolute Gasteiger partial charge is 0.243 e. The van der Waals surface area contributed by atoms with E-state index < -0.39 is 0 Å². The maximum Gasteiger partial charge on any atom is 0.243 e. The van der Waals surface area contributed by atoms with Gasteiger partial charge in [0, 0.05) is 25.2 Å². The van der Waals surface area contributed by atoms with Gasteiger partial charge in [-0.3, -0.25) is 14.8 Å². The van der Waals surface area contributed by atoms with E-state index in [-0.39, 0.29) is 11.9 Å². The van der Waals surface area contributed by atoms with Crippen molar-refractivity contribution in [2.24, 2.45) is 5.10 Å². The predicted octanol–water partition coefficient (Wildman–Crippen LogP) is 4.94. The minimum Gasteiger partial charge on any atom is -0.273 e. The maximum absolute atomic E-state index is 13.2. The van der Waals surface area contributed by atoms with Crippen molar-refractivity contribution >= 4 is 22.7 Å². The molecule has 1 aliphatic heterocycles. The van der Waals surface area contributed by atoms with Gasteiger partial charge < -0.3 is 0 Å². The lowest BCUT2D eigenvalue weighted by molar-refractivity contribution is -0.132. The zero-order chi connectivity index (χ0) is 21.0. The summed E-state index contributed by atoms with van der Waals surface area (Å²) in [4.78, 5) is 22.0. The number of carbonyl (C=O) groups excluding carboxylic acids is 1. The zero-order valence-corrected chi connectivity index (χ0v) is 17.1. The van der Waals surface area contributed by atoms with E-state index in [9.17, 15) is 4.79 Å². The van der Waals surface area contributed by atoms with E-state index in [1.54, 1.807) is 17.4 Å². The largest absolute Gasteiger partial charge is 0.273 e. The van der Waals surface area contributed by atoms with Crippen LogP contribution in [0, 0.1) is 0 Å². The number of hydrazone groups is 1. The third-order valence-corrected chi connectivity index (χ3v) is 5.62. The Kier molecular flexibility index (Phi) is 5.23. The first kappa shape index (κ1) is 19.1. The molecular weight excluding hydrogens is 384 g/mol. The van der Waals surface area contributed by atoms with Crippen molar-refractivity contribution in [1.29, 1.82) is 0 Å². The number of benzene rings is 3. The molecule has 4 aromatic rings. The Morgan fingerprint density at radius 1 is 0.871 bits per heavy atom. The molecule has 5 rings (SSSR count). The predicted molar refractivity (Wildman–Crippen MR) is 121 cm³/mol. The Labute approximate surface area is 181 Å². The van der Waals surface area contributed by atoms with Gasteiger partial charge in [0.1, 0.15) is 0 Å². The highest BCUT2D eigenvalue weighted by Crippen LogP contribution is 2.34. The summed E-state index contributed by atoms with van der Waals surface area (Å²) < 4.78 is 0. The third kappa shape index (κ3) is 4.08. The molecule has 0 bridgehead atoms. The fourth-order valence-corrected chi connectivity index (χ4v) is 4.00. The Bertz CT molecular complexity index is 1240. The van der Waals surface area contributed by atoms with Crippen LogP contribution in [0.2, 0.25) is 0 Å². The molecule has 31 heavy (non-hydrogen) atoms. The first-order valence-corrected chi connectivity index (χ1v) is 10.5. The first-order valence-electron chi connectivity index (χ1n) is 10.5. The lowest BCUT2D eigenvalue weighted by Gasteiger charge is -2.22. The van der Waals surface area contributed by atoms with E-state index >= 15 is 0 Å². The standard InChI is InChI=1S/C26H22N4O/c31-26(14-11-19-7-3-1-4-8-19)30-25(18-23(29-30)20-9-5-2-6-10-20)21-12-13-22-24(17-21)28-16-15-27-22/h1-10,12-13,15-17,25H,11,14,18H2/t25-/m0/s1. The van der Waals surface area contributed by atoms with E-state index in [0.29, 0.717) is 19.3 Å². The molecule has 0 fully saturated rings. The number of aryl methyl sites for hydroxylation is 1. The van der Waals surface area contributed by atoms with E-state index in [1.807, 2.05) is 66.7 Å². The van der Waals surface area contributed by atoms with Gasteiger partial charge in [0.05, 0.1) is 22.8 Å². The van der Waals surface area contributed by atoms with Crippen LogP contribution in [-0.2, 0) is 11.2 Å². The van der Waals surface area contributed by atoms with Gasteiger partial charge in [0.25, 0.3) is 0 Å². The van der Waals surface area contributed by atoms with Crippen LogP contribution in [0.15, 0.2) is 96.4 Å². The molecule has 0 radical (unpaired) electrons. The molecule has 0 saturated carbocycles. The van der Waals surface area contributed by atoms with Crippen LogP contribution in [0.1, 0.15) is 35.6 Å².